The summed E-state index contributed by atoms with van der Waals surface area (Å²) >= 11 is 0. The molecule has 0 heterocycles. The summed E-state index contributed by atoms with van der Waals surface area (Å²) in [5.74, 6) is -1.41. The molecule has 4 unspecified atom stereocenters. The number of carboxylic acid groups (broad SMARTS) is 1. The second kappa shape index (κ2) is 6.87. The molecule has 0 radical (unpaired) electrons. The molecule has 1 saturated carbocycles. The highest BCUT2D eigenvalue weighted by molar-refractivity contribution is 7.84. The molecule has 5 nitrogen and oxygen atoms in total. The number of aliphatic carboxylic acids is 1. The third-order valence-corrected chi connectivity index (χ3v) is 4.94. The fourth-order valence-electron chi connectivity index (χ4n) is 2.15. The number of hydrogen-bond donors (Lipinski definition) is 2. The molecule has 0 bridgehead atoms. The first kappa shape index (κ1) is 15.1. The van der Waals surface area contributed by atoms with Crippen molar-refractivity contribution in [1.29, 1.82) is 0 Å². The topological polar surface area (TPSA) is 83.5 Å². The normalized spacial score (nSPS) is 26.6. The maximum absolute atomic E-state index is 11.8. The summed E-state index contributed by atoms with van der Waals surface area (Å²) in [4.78, 5) is 22.6. The number of amides is 1. The second-order valence-corrected chi connectivity index (χ2v) is 6.74. The van der Waals surface area contributed by atoms with E-state index in [9.17, 15) is 13.8 Å². The maximum Gasteiger partial charge on any atom is 0.306 e. The highest BCUT2D eigenvalue weighted by Gasteiger charge is 2.33. The first-order valence-corrected chi connectivity index (χ1v) is 7.86. The van der Waals surface area contributed by atoms with Crippen molar-refractivity contribution in [3.8, 4) is 0 Å². The van der Waals surface area contributed by atoms with Crippen molar-refractivity contribution in [2.75, 3.05) is 12.8 Å². The molecule has 0 aromatic carbocycles. The smallest absolute Gasteiger partial charge is 0.306 e. The first-order chi connectivity index (χ1) is 8.41. The van der Waals surface area contributed by atoms with E-state index in [-0.39, 0.29) is 23.0 Å². The van der Waals surface area contributed by atoms with Crippen molar-refractivity contribution in [1.82, 2.24) is 5.32 Å². The van der Waals surface area contributed by atoms with Crippen LogP contribution in [-0.2, 0) is 20.4 Å². The van der Waals surface area contributed by atoms with E-state index in [1.165, 1.54) is 0 Å². The molecular weight excluding hydrogens is 254 g/mol. The molecule has 0 aromatic rings. The van der Waals surface area contributed by atoms with Gasteiger partial charge in [-0.25, -0.2) is 0 Å². The summed E-state index contributed by atoms with van der Waals surface area (Å²) in [5, 5.41) is 11.7. The van der Waals surface area contributed by atoms with Crippen LogP contribution in [0.15, 0.2) is 0 Å². The number of carbonyl (C=O) groups excluding carboxylic acids is 1. The van der Waals surface area contributed by atoms with Crippen molar-refractivity contribution >= 4 is 22.7 Å². The number of hydrogen-bond acceptors (Lipinski definition) is 3. The van der Waals surface area contributed by atoms with Gasteiger partial charge in [0.2, 0.25) is 5.91 Å². The maximum atomic E-state index is 11.8. The number of carbonyl (C=O) groups is 2. The van der Waals surface area contributed by atoms with Gasteiger partial charge in [0, 0.05) is 34.8 Å². The van der Waals surface area contributed by atoms with Crippen molar-refractivity contribution < 1.29 is 18.9 Å². The minimum absolute atomic E-state index is 0.0622. The molecule has 104 valence electrons. The van der Waals surface area contributed by atoms with Gasteiger partial charge < -0.3 is 10.4 Å². The Balaban J connectivity index is 2.26. The molecule has 0 spiro atoms. The van der Waals surface area contributed by atoms with Crippen LogP contribution >= 0.6 is 0 Å². The van der Waals surface area contributed by atoms with E-state index in [0.717, 1.165) is 0 Å². The monoisotopic (exact) mass is 275 g/mol. The molecule has 1 amide bonds. The Labute approximate surface area is 110 Å². The second-order valence-electron chi connectivity index (χ2n) is 4.93. The van der Waals surface area contributed by atoms with E-state index >= 15 is 0 Å². The van der Waals surface area contributed by atoms with Gasteiger partial charge in [-0.3, -0.25) is 13.8 Å². The van der Waals surface area contributed by atoms with Crippen LogP contribution in [0.1, 0.15) is 32.6 Å². The SMILES string of the molecule is CC(CCNC(=O)C1CCC(C(=O)O)C1)S(C)=O. The lowest BCUT2D eigenvalue weighted by Gasteiger charge is -2.12. The minimum Gasteiger partial charge on any atom is -0.481 e. The van der Waals surface area contributed by atoms with Gasteiger partial charge in [0.1, 0.15) is 0 Å². The molecule has 18 heavy (non-hydrogen) atoms. The minimum atomic E-state index is -0.868. The third kappa shape index (κ3) is 4.40. The van der Waals surface area contributed by atoms with Gasteiger partial charge >= 0.3 is 5.97 Å². The predicted octanol–water partition coefficient (Wildman–Crippen LogP) is 0.761. The Kier molecular flexibility index (Phi) is 5.78. The van der Waals surface area contributed by atoms with Gasteiger partial charge in [-0.15, -0.1) is 0 Å². The molecule has 4 atom stereocenters. The molecule has 1 aliphatic rings. The van der Waals surface area contributed by atoms with Gasteiger partial charge in [0.05, 0.1) is 5.92 Å². The third-order valence-electron chi connectivity index (χ3n) is 3.57. The standard InChI is InChI=1S/C12H21NO4S/c1-8(18(2)17)5-6-13-11(14)9-3-4-10(7-9)12(15)16/h8-10H,3-7H2,1-2H3,(H,13,14)(H,15,16). The number of carboxylic acids is 1. The van der Waals surface area contributed by atoms with Gasteiger partial charge in [0.25, 0.3) is 0 Å². The molecule has 0 saturated heterocycles. The summed E-state index contributed by atoms with van der Waals surface area (Å²) in [6.45, 7) is 2.39. The van der Waals surface area contributed by atoms with Gasteiger partial charge in [-0.1, -0.05) is 6.92 Å². The Bertz CT molecular complexity index is 345. The van der Waals surface area contributed by atoms with E-state index in [1.807, 2.05) is 6.92 Å². The van der Waals surface area contributed by atoms with Crippen molar-refractivity contribution in [3.05, 3.63) is 0 Å². The summed E-state index contributed by atoms with van der Waals surface area (Å²) in [7, 11) is -0.868. The lowest BCUT2D eigenvalue weighted by Crippen LogP contribution is -2.32. The zero-order chi connectivity index (χ0) is 13.7. The summed E-state index contributed by atoms with van der Waals surface area (Å²) in [6, 6.07) is 0. The zero-order valence-electron chi connectivity index (χ0n) is 10.8. The number of nitrogens with one attached hydrogen (secondary N) is 1. The van der Waals surface area contributed by atoms with Crippen LogP contribution in [0.3, 0.4) is 0 Å². The highest BCUT2D eigenvalue weighted by atomic mass is 32.2. The summed E-state index contributed by atoms with van der Waals surface area (Å²) in [5.41, 5.74) is 0. The Hall–Kier alpha value is -0.910. The fraction of sp³-hybridized carbons (Fsp3) is 0.833. The highest BCUT2D eigenvalue weighted by Crippen LogP contribution is 2.31. The van der Waals surface area contributed by atoms with Crippen molar-refractivity contribution in [3.63, 3.8) is 0 Å². The van der Waals surface area contributed by atoms with Crippen LogP contribution in [-0.4, -0.2) is 39.2 Å². The molecule has 0 aromatic heterocycles. The number of rotatable bonds is 6. The Morgan fingerprint density at radius 2 is 2.00 bits per heavy atom. The van der Waals surface area contributed by atoms with Gasteiger partial charge in [-0.05, 0) is 25.7 Å². The molecule has 0 aliphatic heterocycles. The van der Waals surface area contributed by atoms with Crippen molar-refractivity contribution in [2.45, 2.75) is 37.9 Å². The Morgan fingerprint density at radius 3 is 2.50 bits per heavy atom. The predicted molar refractivity (Wildman–Crippen MR) is 69.6 cm³/mol. The van der Waals surface area contributed by atoms with Crippen LogP contribution in [0.25, 0.3) is 0 Å². The van der Waals surface area contributed by atoms with Crippen molar-refractivity contribution in [2.24, 2.45) is 11.8 Å². The van der Waals surface area contributed by atoms with E-state index in [0.29, 0.717) is 32.2 Å². The molecule has 1 aliphatic carbocycles. The van der Waals surface area contributed by atoms with E-state index in [2.05, 4.69) is 5.32 Å². The zero-order valence-corrected chi connectivity index (χ0v) is 11.7. The summed E-state index contributed by atoms with van der Waals surface area (Å²) < 4.78 is 11.1. The molecule has 2 N–H and O–H groups in total. The first-order valence-electron chi connectivity index (χ1n) is 6.24. The average Bonchev–Trinajstić information content (AvgIpc) is 2.77. The molecular formula is C12H21NO4S. The van der Waals surface area contributed by atoms with E-state index in [1.54, 1.807) is 6.26 Å². The Morgan fingerprint density at radius 1 is 1.39 bits per heavy atom. The largest absolute Gasteiger partial charge is 0.481 e. The van der Waals surface area contributed by atoms with Gasteiger partial charge in [-0.2, -0.15) is 0 Å². The molecule has 1 fully saturated rings. The quantitative estimate of drug-likeness (QED) is 0.749. The fourth-order valence-corrected chi connectivity index (χ4v) is 2.60. The van der Waals surface area contributed by atoms with E-state index in [4.69, 9.17) is 5.11 Å². The van der Waals surface area contributed by atoms with Crippen LogP contribution in [0.4, 0.5) is 0 Å². The summed E-state index contributed by atoms with van der Waals surface area (Å²) in [6.07, 6.45) is 4.02. The average molecular weight is 275 g/mol. The van der Waals surface area contributed by atoms with Crippen LogP contribution < -0.4 is 5.32 Å². The molecule has 1 rings (SSSR count). The van der Waals surface area contributed by atoms with E-state index < -0.39 is 16.8 Å². The lowest BCUT2D eigenvalue weighted by atomic mass is 10.0. The van der Waals surface area contributed by atoms with Crippen LogP contribution in [0.2, 0.25) is 0 Å². The van der Waals surface area contributed by atoms with Gasteiger partial charge in [0.15, 0.2) is 0 Å². The van der Waals surface area contributed by atoms with Crippen LogP contribution in [0.5, 0.6) is 0 Å². The lowest BCUT2D eigenvalue weighted by molar-refractivity contribution is -0.141. The van der Waals surface area contributed by atoms with Crippen LogP contribution in [0, 0.1) is 11.8 Å². The molecule has 6 heteroatoms.